The second-order valence-electron chi connectivity index (χ2n) is 4.10. The third-order valence-corrected chi connectivity index (χ3v) is 3.23. The molecular formula is C11H7BrF4O3. The number of carboxylic acid groups (broad SMARTS) is 1. The fraction of sp³-hybridized carbons (Fsp3) is 0.364. The van der Waals surface area contributed by atoms with Crippen LogP contribution in [0.1, 0.15) is 5.56 Å². The highest BCUT2D eigenvalue weighted by molar-refractivity contribution is 9.10. The lowest BCUT2D eigenvalue weighted by molar-refractivity contribution is -0.218. The van der Waals surface area contributed by atoms with Crippen LogP contribution in [0.4, 0.5) is 17.6 Å². The molecule has 1 aromatic carbocycles. The van der Waals surface area contributed by atoms with E-state index < -0.39 is 42.2 Å². The fourth-order valence-corrected chi connectivity index (χ4v) is 2.44. The van der Waals surface area contributed by atoms with E-state index >= 15 is 0 Å². The van der Waals surface area contributed by atoms with Crippen LogP contribution in [0.5, 0.6) is 5.75 Å². The SMILES string of the molecule is O=C(O)C1Cc2cc(Br)cc(F)c2OC1C(F)(F)F. The lowest BCUT2D eigenvalue weighted by Crippen LogP contribution is -2.47. The summed E-state index contributed by atoms with van der Waals surface area (Å²) < 4.78 is 56.6. The van der Waals surface area contributed by atoms with Crippen LogP contribution in [0.3, 0.4) is 0 Å². The number of ether oxygens (including phenoxy) is 1. The van der Waals surface area contributed by atoms with Crippen LogP contribution in [-0.4, -0.2) is 23.4 Å². The zero-order valence-electron chi connectivity index (χ0n) is 9.17. The number of rotatable bonds is 1. The van der Waals surface area contributed by atoms with Gasteiger partial charge in [-0.2, -0.15) is 13.2 Å². The number of hydrogen-bond acceptors (Lipinski definition) is 2. The van der Waals surface area contributed by atoms with Gasteiger partial charge in [-0.05, 0) is 24.1 Å². The first-order valence-electron chi connectivity index (χ1n) is 5.14. The molecule has 2 unspecified atom stereocenters. The van der Waals surface area contributed by atoms with Crippen molar-refractivity contribution >= 4 is 21.9 Å². The molecule has 0 bridgehead atoms. The van der Waals surface area contributed by atoms with Crippen molar-refractivity contribution in [2.24, 2.45) is 5.92 Å². The van der Waals surface area contributed by atoms with Crippen LogP contribution >= 0.6 is 15.9 Å². The molecule has 0 aromatic heterocycles. The number of alkyl halides is 3. The van der Waals surface area contributed by atoms with Gasteiger partial charge in [-0.15, -0.1) is 0 Å². The molecule has 0 saturated carbocycles. The minimum absolute atomic E-state index is 0.0970. The molecule has 0 saturated heterocycles. The van der Waals surface area contributed by atoms with Gasteiger partial charge in [0.2, 0.25) is 6.10 Å². The van der Waals surface area contributed by atoms with Gasteiger partial charge in [-0.1, -0.05) is 15.9 Å². The Labute approximate surface area is 113 Å². The molecule has 19 heavy (non-hydrogen) atoms. The standard InChI is InChI=1S/C11H7BrF4O3/c12-5-1-4-2-6(10(17)18)9(11(14,15)16)19-8(4)7(13)3-5/h1,3,6,9H,2H2,(H,17,18). The second kappa shape index (κ2) is 4.66. The zero-order valence-corrected chi connectivity index (χ0v) is 10.8. The van der Waals surface area contributed by atoms with Gasteiger partial charge in [0.05, 0.1) is 0 Å². The average Bonchev–Trinajstić information content (AvgIpc) is 2.25. The van der Waals surface area contributed by atoms with Crippen LogP contribution in [0, 0.1) is 11.7 Å². The Bertz CT molecular complexity index is 529. The van der Waals surface area contributed by atoms with Crippen molar-refractivity contribution < 1.29 is 32.2 Å². The van der Waals surface area contributed by atoms with Crippen molar-refractivity contribution in [3.63, 3.8) is 0 Å². The molecule has 0 spiro atoms. The summed E-state index contributed by atoms with van der Waals surface area (Å²) in [6.07, 6.45) is -7.86. The van der Waals surface area contributed by atoms with E-state index in [4.69, 9.17) is 5.11 Å². The number of carbonyl (C=O) groups is 1. The first kappa shape index (κ1) is 14.1. The molecule has 8 heteroatoms. The summed E-state index contributed by atoms with van der Waals surface area (Å²) in [6, 6.07) is 2.31. The molecule has 1 aliphatic heterocycles. The Balaban J connectivity index is 2.48. The van der Waals surface area contributed by atoms with Crippen LogP contribution in [0.15, 0.2) is 16.6 Å². The van der Waals surface area contributed by atoms with Crippen molar-refractivity contribution in [3.05, 3.63) is 28.0 Å². The molecule has 0 fully saturated rings. The minimum Gasteiger partial charge on any atom is -0.481 e. The summed E-state index contributed by atoms with van der Waals surface area (Å²) in [6.45, 7) is 0. The van der Waals surface area contributed by atoms with E-state index in [1.165, 1.54) is 6.07 Å². The van der Waals surface area contributed by atoms with Crippen molar-refractivity contribution in [1.29, 1.82) is 0 Å². The van der Waals surface area contributed by atoms with Crippen LogP contribution in [-0.2, 0) is 11.2 Å². The quantitative estimate of drug-likeness (QED) is 0.797. The van der Waals surface area contributed by atoms with Gasteiger partial charge >= 0.3 is 12.1 Å². The summed E-state index contributed by atoms with van der Waals surface area (Å²) in [5.41, 5.74) is 0.0970. The fourth-order valence-electron chi connectivity index (χ4n) is 1.96. The average molecular weight is 343 g/mol. The van der Waals surface area contributed by atoms with Gasteiger partial charge in [0.1, 0.15) is 5.92 Å². The summed E-state index contributed by atoms with van der Waals surface area (Å²) in [7, 11) is 0. The first-order valence-corrected chi connectivity index (χ1v) is 5.93. The van der Waals surface area contributed by atoms with Crippen molar-refractivity contribution in [2.45, 2.75) is 18.7 Å². The summed E-state index contributed by atoms with van der Waals surface area (Å²) >= 11 is 2.99. The van der Waals surface area contributed by atoms with E-state index in [-0.39, 0.29) is 5.56 Å². The normalized spacial score (nSPS) is 22.6. The molecule has 104 valence electrons. The third kappa shape index (κ3) is 2.68. The second-order valence-corrected chi connectivity index (χ2v) is 5.02. The largest absolute Gasteiger partial charge is 0.481 e. The Morgan fingerprint density at radius 3 is 2.58 bits per heavy atom. The smallest absolute Gasteiger partial charge is 0.426 e. The summed E-state index contributed by atoms with van der Waals surface area (Å²) in [5, 5.41) is 8.85. The number of carboxylic acids is 1. The van der Waals surface area contributed by atoms with Gasteiger partial charge in [-0.3, -0.25) is 4.79 Å². The molecule has 1 N–H and O–H groups in total. The molecule has 1 aliphatic rings. The van der Waals surface area contributed by atoms with Gasteiger partial charge < -0.3 is 9.84 Å². The van der Waals surface area contributed by atoms with E-state index in [0.29, 0.717) is 4.47 Å². The van der Waals surface area contributed by atoms with Crippen LogP contribution in [0.25, 0.3) is 0 Å². The maximum atomic E-state index is 13.6. The van der Waals surface area contributed by atoms with Gasteiger partial charge in [0.25, 0.3) is 0 Å². The summed E-state index contributed by atoms with van der Waals surface area (Å²) in [5.74, 6) is -4.92. The highest BCUT2D eigenvalue weighted by Gasteiger charge is 2.52. The molecule has 2 atom stereocenters. The summed E-state index contributed by atoms with van der Waals surface area (Å²) in [4.78, 5) is 10.9. The lowest BCUT2D eigenvalue weighted by Gasteiger charge is -2.32. The Morgan fingerprint density at radius 2 is 2.05 bits per heavy atom. The maximum Gasteiger partial charge on any atom is 0.426 e. The molecular weight excluding hydrogens is 336 g/mol. The predicted molar refractivity (Wildman–Crippen MR) is 59.4 cm³/mol. The molecule has 0 amide bonds. The number of halogens is 5. The molecule has 1 aromatic rings. The number of aliphatic carboxylic acids is 1. The number of benzene rings is 1. The number of hydrogen-bond donors (Lipinski definition) is 1. The van der Waals surface area contributed by atoms with Gasteiger partial charge in [0, 0.05) is 4.47 Å². The number of fused-ring (bicyclic) bond motifs is 1. The Kier molecular flexibility index (Phi) is 3.46. The van der Waals surface area contributed by atoms with Crippen molar-refractivity contribution in [2.75, 3.05) is 0 Å². The third-order valence-electron chi connectivity index (χ3n) is 2.78. The minimum atomic E-state index is -4.87. The van der Waals surface area contributed by atoms with Crippen LogP contribution < -0.4 is 4.74 Å². The molecule has 2 rings (SSSR count). The zero-order chi connectivity index (χ0) is 14.4. The van der Waals surface area contributed by atoms with Crippen molar-refractivity contribution in [1.82, 2.24) is 0 Å². The first-order chi connectivity index (χ1) is 8.70. The molecule has 0 aliphatic carbocycles. The van der Waals surface area contributed by atoms with Crippen molar-refractivity contribution in [3.8, 4) is 5.75 Å². The van der Waals surface area contributed by atoms with Crippen LogP contribution in [0.2, 0.25) is 0 Å². The van der Waals surface area contributed by atoms with E-state index in [1.54, 1.807) is 0 Å². The maximum absolute atomic E-state index is 13.6. The highest BCUT2D eigenvalue weighted by atomic mass is 79.9. The topological polar surface area (TPSA) is 46.5 Å². The molecule has 3 nitrogen and oxygen atoms in total. The van der Waals surface area contributed by atoms with E-state index in [0.717, 1.165) is 6.07 Å². The van der Waals surface area contributed by atoms with E-state index in [2.05, 4.69) is 20.7 Å². The van der Waals surface area contributed by atoms with Gasteiger partial charge in [-0.25, -0.2) is 4.39 Å². The highest BCUT2D eigenvalue weighted by Crippen LogP contribution is 2.40. The Morgan fingerprint density at radius 1 is 1.42 bits per heavy atom. The molecule has 1 heterocycles. The Hall–Kier alpha value is -1.31. The van der Waals surface area contributed by atoms with E-state index in [1.807, 2.05) is 0 Å². The van der Waals surface area contributed by atoms with Gasteiger partial charge in [0.15, 0.2) is 11.6 Å². The monoisotopic (exact) mass is 342 g/mol. The molecule has 0 radical (unpaired) electrons. The van der Waals surface area contributed by atoms with E-state index in [9.17, 15) is 22.4 Å². The predicted octanol–water partition coefficient (Wildman–Crippen LogP) is 3.15. The lowest BCUT2D eigenvalue weighted by atomic mass is 9.90.